The maximum absolute atomic E-state index is 10.5. The molecule has 0 aliphatic rings. The van der Waals surface area contributed by atoms with Crippen molar-refractivity contribution in [2.24, 2.45) is 0 Å². The van der Waals surface area contributed by atoms with E-state index in [9.17, 15) is 4.39 Å². The van der Waals surface area contributed by atoms with Crippen LogP contribution in [-0.4, -0.2) is 30.2 Å². The molecule has 0 atom stereocenters. The minimum absolute atomic E-state index is 1.13. The Morgan fingerprint density at radius 1 is 1.58 bits per heavy atom. The smallest absolute Gasteiger partial charge is 0.129 e. The molecule has 0 bridgehead atoms. The van der Waals surface area contributed by atoms with Gasteiger partial charge in [-0.15, -0.1) is 0 Å². The van der Waals surface area contributed by atoms with E-state index in [2.05, 4.69) is 6.92 Å². The summed E-state index contributed by atoms with van der Waals surface area (Å²) < 4.78 is 11.6. The summed E-state index contributed by atoms with van der Waals surface area (Å²) in [5.74, 6) is -1.66. The quantitative estimate of drug-likeness (QED) is 0.735. The van der Waals surface area contributed by atoms with Crippen molar-refractivity contribution < 1.29 is 14.3 Å². The van der Waals surface area contributed by atoms with E-state index in [4.69, 9.17) is 27.7 Å². The first-order valence-corrected chi connectivity index (χ1v) is 12.7. The third kappa shape index (κ3) is 22.4. The molecule has 0 N–H and O–H groups in total. The Balaban J connectivity index is 0. The number of halogens is 3. The zero-order chi connectivity index (χ0) is 9.98. The van der Waals surface area contributed by atoms with Crippen molar-refractivity contribution >= 4 is 41.3 Å². The molecule has 0 amide bonds. The molecule has 0 unspecified atom stereocenters. The maximum Gasteiger partial charge on any atom is 0.129 e. The fourth-order valence-electron chi connectivity index (χ4n) is 0.310. The summed E-state index contributed by atoms with van der Waals surface area (Å²) >= 11 is -1.70. The Hall–Kier alpha value is 0.779. The Morgan fingerprint density at radius 3 is 2.08 bits per heavy atom. The van der Waals surface area contributed by atoms with Crippen LogP contribution in [0.2, 0.25) is 4.44 Å². The van der Waals surface area contributed by atoms with Crippen LogP contribution in [0.3, 0.4) is 0 Å². The van der Waals surface area contributed by atoms with Gasteiger partial charge in [-0.05, 0) is 0 Å². The summed E-state index contributed by atoms with van der Waals surface area (Å²) in [4.78, 5) is 8.88. The summed E-state index contributed by atoms with van der Waals surface area (Å²) in [5, 5.41) is 8.88. The van der Waals surface area contributed by atoms with Crippen LogP contribution in [0, 0.1) is 0 Å². The third-order valence-corrected chi connectivity index (χ3v) is 5.45. The molecule has 0 fully saturated rings. The van der Waals surface area contributed by atoms with Gasteiger partial charge in [0.25, 0.3) is 0 Å². The second kappa shape index (κ2) is 11.8. The van der Waals surface area contributed by atoms with Gasteiger partial charge in [0.15, 0.2) is 0 Å². The van der Waals surface area contributed by atoms with Crippen molar-refractivity contribution in [2.75, 3.05) is 6.67 Å². The normalized spacial score (nSPS) is 8.33. The first kappa shape index (κ1) is 15.3. The zero-order valence-electron chi connectivity index (χ0n) is 6.78. The molecule has 0 rings (SSSR count). The first-order valence-electron chi connectivity index (χ1n) is 3.47. The Morgan fingerprint density at radius 2 is 2.00 bits per heavy atom. The molecular weight excluding hydrogens is 313 g/mol. The monoisotopic (exact) mass is 324 g/mol. The van der Waals surface area contributed by atoms with E-state index in [1.165, 1.54) is 12.8 Å². The van der Waals surface area contributed by atoms with Crippen molar-refractivity contribution in [1.29, 1.82) is 0 Å². The number of carbonyl (C=O) groups excluding carboxylic acids is 1. The van der Waals surface area contributed by atoms with Gasteiger partial charge in [-0.2, -0.15) is 0 Å². The van der Waals surface area contributed by atoms with Gasteiger partial charge in [0.1, 0.15) is 6.67 Å². The minimum Gasteiger partial charge on any atom is -0.547 e. The van der Waals surface area contributed by atoms with Crippen molar-refractivity contribution in [3.05, 3.63) is 0 Å². The summed E-state index contributed by atoms with van der Waals surface area (Å²) in [6.07, 6.45) is 2.45. The van der Waals surface area contributed by atoms with E-state index in [1.54, 1.807) is 0 Å². The van der Waals surface area contributed by atoms with E-state index < -0.39 is 30.2 Å². The third-order valence-electron chi connectivity index (χ3n) is 0.828. The molecule has 0 saturated heterocycles. The van der Waals surface area contributed by atoms with Gasteiger partial charge >= 0.3 is 59.6 Å². The number of hydrogen-bond acceptors (Lipinski definition) is 2. The minimum atomic E-state index is -1.70. The van der Waals surface area contributed by atoms with Gasteiger partial charge in [-0.1, -0.05) is 0 Å². The fourth-order valence-corrected chi connectivity index (χ4v) is 3.88. The molecule has 6 heteroatoms. The van der Waals surface area contributed by atoms with E-state index in [0.29, 0.717) is 0 Å². The average molecular weight is 324 g/mol. The van der Waals surface area contributed by atoms with Crippen LogP contribution in [0.15, 0.2) is 0 Å². The Labute approximate surface area is 86.2 Å². The molecule has 2 nitrogen and oxygen atoms in total. The van der Waals surface area contributed by atoms with E-state index in [-0.39, 0.29) is 0 Å². The van der Waals surface area contributed by atoms with Crippen molar-refractivity contribution in [2.45, 2.75) is 24.2 Å². The number of carboxylic acid groups (broad SMARTS) is 1. The van der Waals surface area contributed by atoms with Crippen LogP contribution in [-0.2, 0) is 4.79 Å². The van der Waals surface area contributed by atoms with Crippen molar-refractivity contribution in [1.82, 2.24) is 0 Å². The van der Waals surface area contributed by atoms with E-state index in [1.807, 2.05) is 0 Å². The van der Waals surface area contributed by atoms with Gasteiger partial charge in [0, 0.05) is 0 Å². The van der Waals surface area contributed by atoms with Crippen LogP contribution in [0.25, 0.3) is 0 Å². The zero-order valence-corrected chi connectivity index (χ0v) is 11.1. The van der Waals surface area contributed by atoms with Gasteiger partial charge in [0.05, 0.1) is 5.97 Å². The van der Waals surface area contributed by atoms with Crippen LogP contribution in [0.4, 0.5) is 4.39 Å². The second-order valence-electron chi connectivity index (χ2n) is 1.95. The number of aliphatic carboxylic acids is 1. The molecule has 0 aromatic rings. The van der Waals surface area contributed by atoms with E-state index in [0.717, 1.165) is 4.44 Å². The van der Waals surface area contributed by atoms with Crippen LogP contribution < -0.4 is 5.11 Å². The largest absolute Gasteiger partial charge is 0.547 e. The number of carboxylic acids is 1. The SMILES string of the molecule is CCC[CH2][Sn+]([Cl])[Cl].O=C([O-])CF. The van der Waals surface area contributed by atoms with Gasteiger partial charge in [-0.25, -0.2) is 4.39 Å². The molecule has 12 heavy (non-hydrogen) atoms. The number of rotatable bonds is 4. The molecule has 0 aliphatic carbocycles. The predicted octanol–water partition coefficient (Wildman–Crippen LogP) is 1.46. The summed E-state index contributed by atoms with van der Waals surface area (Å²) in [6, 6.07) is 0. The molecule has 0 spiro atoms. The molecule has 72 valence electrons. The van der Waals surface area contributed by atoms with Crippen LogP contribution in [0.1, 0.15) is 19.8 Å². The first-order chi connectivity index (χ1) is 5.54. The topological polar surface area (TPSA) is 40.1 Å². The van der Waals surface area contributed by atoms with Gasteiger partial charge < -0.3 is 9.90 Å². The number of alkyl halides is 1. The molecular formula is C6H11Cl2FO2Sn. The summed E-state index contributed by atoms with van der Waals surface area (Å²) in [7, 11) is 11.2. The fraction of sp³-hybridized carbons (Fsp3) is 0.833. The summed E-state index contributed by atoms with van der Waals surface area (Å²) in [5.41, 5.74) is 0. The van der Waals surface area contributed by atoms with Crippen LogP contribution in [0.5, 0.6) is 0 Å². The summed E-state index contributed by atoms with van der Waals surface area (Å²) in [6.45, 7) is 0.764. The molecule has 0 saturated carbocycles. The molecule has 0 aliphatic heterocycles. The molecule has 0 heterocycles. The Kier molecular flexibility index (Phi) is 15.0. The average Bonchev–Trinajstić information content (AvgIpc) is 2.02. The number of carbonyl (C=O) groups is 1. The van der Waals surface area contributed by atoms with Gasteiger partial charge in [0.2, 0.25) is 0 Å². The molecule has 0 aromatic heterocycles. The molecule has 0 aromatic carbocycles. The van der Waals surface area contributed by atoms with Crippen LogP contribution >= 0.6 is 17.8 Å². The second-order valence-corrected chi connectivity index (χ2v) is 12.7. The van der Waals surface area contributed by atoms with E-state index >= 15 is 0 Å². The van der Waals surface area contributed by atoms with Crippen molar-refractivity contribution in [3.63, 3.8) is 0 Å². The maximum atomic E-state index is 10.5. The van der Waals surface area contributed by atoms with Gasteiger partial charge in [-0.3, -0.25) is 0 Å². The predicted molar refractivity (Wildman–Crippen MR) is 48.2 cm³/mol. The Bertz CT molecular complexity index is 114. The van der Waals surface area contributed by atoms with Crippen molar-refractivity contribution in [3.8, 4) is 0 Å². The number of hydrogen-bond donors (Lipinski definition) is 0. The number of unbranched alkanes of at least 4 members (excludes halogenated alkanes) is 1. The standard InChI is InChI=1S/C4H9.C2H3FO2.2ClH.Sn/c1-3-4-2;3-1-2(4)5;;;/h1,3-4H2,2H3;1H2,(H,4,5);2*1H;/q;;;;+3/p-3. The molecule has 0 radical (unpaired) electrons.